The lowest BCUT2D eigenvalue weighted by Crippen LogP contribution is -2.36. The molecule has 3 N–H and O–H groups in total. The van der Waals surface area contributed by atoms with Crippen LogP contribution in [0, 0.1) is 0 Å². The Labute approximate surface area is 131 Å². The number of nitrogens with one attached hydrogen (secondary N) is 2. The Morgan fingerprint density at radius 3 is 2.67 bits per heavy atom. The molecule has 0 saturated heterocycles. The van der Waals surface area contributed by atoms with Crippen LogP contribution in [-0.4, -0.2) is 29.0 Å². The van der Waals surface area contributed by atoms with E-state index >= 15 is 0 Å². The zero-order valence-electron chi connectivity index (χ0n) is 13.3. The summed E-state index contributed by atoms with van der Waals surface area (Å²) in [6.45, 7) is 5.58. The number of hydrogen-bond acceptors (Lipinski definition) is 3. The quantitative estimate of drug-likeness (QED) is 0.670. The van der Waals surface area contributed by atoms with E-state index in [4.69, 9.17) is 0 Å². The first-order valence-corrected chi connectivity index (χ1v) is 8.47. The Morgan fingerprint density at radius 2 is 2.05 bits per heavy atom. The van der Waals surface area contributed by atoms with Gasteiger partial charge in [0.05, 0.1) is 11.3 Å². The molecule has 4 nitrogen and oxygen atoms in total. The molecule has 0 aliphatic rings. The van der Waals surface area contributed by atoms with Crippen LogP contribution in [-0.2, 0) is 0 Å². The molecule has 0 aromatic heterocycles. The summed E-state index contributed by atoms with van der Waals surface area (Å²) in [7, 11) is 0. The van der Waals surface area contributed by atoms with Gasteiger partial charge >= 0.3 is 6.03 Å². The molecule has 0 bridgehead atoms. The van der Waals surface area contributed by atoms with E-state index in [0.29, 0.717) is 0 Å². The summed E-state index contributed by atoms with van der Waals surface area (Å²) in [6, 6.07) is 7.62. The van der Waals surface area contributed by atoms with Crippen molar-refractivity contribution in [2.24, 2.45) is 0 Å². The Hall–Kier alpha value is -1.20. The van der Waals surface area contributed by atoms with Gasteiger partial charge in [-0.1, -0.05) is 12.1 Å². The van der Waals surface area contributed by atoms with Crippen molar-refractivity contribution in [3.8, 4) is 0 Å². The molecule has 0 spiro atoms. The van der Waals surface area contributed by atoms with Gasteiger partial charge in [0.15, 0.2) is 0 Å². The lowest BCUT2D eigenvalue weighted by Gasteiger charge is -2.19. The fourth-order valence-corrected chi connectivity index (χ4v) is 2.60. The largest absolute Gasteiger partial charge is 0.390 e. The maximum Gasteiger partial charge on any atom is 0.319 e. The van der Waals surface area contributed by atoms with Gasteiger partial charge in [-0.05, 0) is 58.4 Å². The summed E-state index contributed by atoms with van der Waals surface area (Å²) in [5.41, 5.74) is 0.186. The van der Waals surface area contributed by atoms with Crippen LogP contribution in [0.25, 0.3) is 0 Å². The molecular formula is C16H26N2O2S. The third-order valence-corrected chi connectivity index (χ3v) is 3.95. The third-order valence-electron chi connectivity index (χ3n) is 3.16. The van der Waals surface area contributed by atoms with Crippen LogP contribution in [0.5, 0.6) is 0 Å². The minimum atomic E-state index is -0.640. The van der Waals surface area contributed by atoms with Gasteiger partial charge in [0.1, 0.15) is 0 Å². The van der Waals surface area contributed by atoms with Crippen LogP contribution in [0.3, 0.4) is 0 Å². The SMILES string of the molecule is CSc1ccccc1NC(=O)N[C@@H](C)CCCC(C)(C)O. The summed E-state index contributed by atoms with van der Waals surface area (Å²) >= 11 is 1.60. The number of amides is 2. The number of carbonyl (C=O) groups is 1. The van der Waals surface area contributed by atoms with E-state index in [2.05, 4.69) is 10.6 Å². The molecular weight excluding hydrogens is 284 g/mol. The zero-order valence-corrected chi connectivity index (χ0v) is 14.1. The van der Waals surface area contributed by atoms with Crippen molar-refractivity contribution in [3.05, 3.63) is 24.3 Å². The Bertz CT molecular complexity index is 458. The lowest BCUT2D eigenvalue weighted by atomic mass is 10.00. The maximum absolute atomic E-state index is 12.0. The molecule has 0 saturated carbocycles. The first kappa shape index (κ1) is 17.9. The first-order chi connectivity index (χ1) is 9.81. The second-order valence-corrected chi connectivity index (χ2v) is 6.75. The number of rotatable bonds is 7. The Morgan fingerprint density at radius 1 is 1.38 bits per heavy atom. The van der Waals surface area contributed by atoms with E-state index in [-0.39, 0.29) is 12.1 Å². The summed E-state index contributed by atoms with van der Waals surface area (Å²) in [6.07, 6.45) is 4.45. The van der Waals surface area contributed by atoms with Gasteiger partial charge in [-0.2, -0.15) is 0 Å². The number of para-hydroxylation sites is 1. The smallest absolute Gasteiger partial charge is 0.319 e. The van der Waals surface area contributed by atoms with Crippen molar-refractivity contribution >= 4 is 23.5 Å². The molecule has 0 unspecified atom stereocenters. The number of hydrogen-bond donors (Lipinski definition) is 3. The minimum absolute atomic E-state index is 0.0776. The topological polar surface area (TPSA) is 61.4 Å². The molecule has 0 heterocycles. The fraction of sp³-hybridized carbons (Fsp3) is 0.562. The van der Waals surface area contributed by atoms with E-state index in [0.717, 1.165) is 29.8 Å². The molecule has 0 aliphatic carbocycles. The van der Waals surface area contributed by atoms with E-state index in [1.54, 1.807) is 25.6 Å². The average Bonchev–Trinajstić information content (AvgIpc) is 2.37. The van der Waals surface area contributed by atoms with Gasteiger partial charge in [0, 0.05) is 10.9 Å². The number of thioether (sulfide) groups is 1. The van der Waals surface area contributed by atoms with Crippen molar-refractivity contribution in [2.75, 3.05) is 11.6 Å². The van der Waals surface area contributed by atoms with Gasteiger partial charge < -0.3 is 15.7 Å². The molecule has 1 rings (SSSR count). The van der Waals surface area contributed by atoms with Crippen molar-refractivity contribution in [1.82, 2.24) is 5.32 Å². The lowest BCUT2D eigenvalue weighted by molar-refractivity contribution is 0.0676. The summed E-state index contributed by atoms with van der Waals surface area (Å²) < 4.78 is 0. The molecule has 1 aromatic rings. The van der Waals surface area contributed by atoms with E-state index in [1.807, 2.05) is 37.4 Å². The fourth-order valence-electron chi connectivity index (χ4n) is 2.04. The van der Waals surface area contributed by atoms with Crippen molar-refractivity contribution in [3.63, 3.8) is 0 Å². The highest BCUT2D eigenvalue weighted by Gasteiger charge is 2.14. The van der Waals surface area contributed by atoms with E-state index < -0.39 is 5.60 Å². The third kappa shape index (κ3) is 7.39. The molecule has 1 aromatic carbocycles. The van der Waals surface area contributed by atoms with E-state index in [9.17, 15) is 9.90 Å². The summed E-state index contributed by atoms with van der Waals surface area (Å²) in [5, 5.41) is 15.5. The van der Waals surface area contributed by atoms with Crippen LogP contribution in [0.4, 0.5) is 10.5 Å². The Balaban J connectivity index is 2.39. The highest BCUT2D eigenvalue weighted by Crippen LogP contribution is 2.24. The predicted molar refractivity (Wildman–Crippen MR) is 90.0 cm³/mol. The van der Waals surface area contributed by atoms with Gasteiger partial charge in [-0.25, -0.2) is 4.79 Å². The maximum atomic E-state index is 12.0. The van der Waals surface area contributed by atoms with Gasteiger partial charge in [-0.3, -0.25) is 0 Å². The van der Waals surface area contributed by atoms with Crippen LogP contribution in [0.1, 0.15) is 40.0 Å². The van der Waals surface area contributed by atoms with E-state index in [1.165, 1.54) is 0 Å². The number of urea groups is 1. The van der Waals surface area contributed by atoms with Crippen molar-refractivity contribution in [2.45, 2.75) is 56.6 Å². The first-order valence-electron chi connectivity index (χ1n) is 7.25. The number of aliphatic hydroxyl groups is 1. The van der Waals surface area contributed by atoms with Gasteiger partial charge in [-0.15, -0.1) is 11.8 Å². The van der Waals surface area contributed by atoms with Crippen LogP contribution >= 0.6 is 11.8 Å². The molecule has 0 aliphatic heterocycles. The van der Waals surface area contributed by atoms with Crippen molar-refractivity contribution in [1.29, 1.82) is 0 Å². The number of benzene rings is 1. The molecule has 21 heavy (non-hydrogen) atoms. The average molecular weight is 310 g/mol. The zero-order chi connectivity index (χ0) is 15.9. The second-order valence-electron chi connectivity index (χ2n) is 5.90. The van der Waals surface area contributed by atoms with Crippen molar-refractivity contribution < 1.29 is 9.90 Å². The molecule has 5 heteroatoms. The van der Waals surface area contributed by atoms with Gasteiger partial charge in [0.25, 0.3) is 0 Å². The normalized spacial score (nSPS) is 12.8. The molecule has 118 valence electrons. The standard InChI is InChI=1S/C16H26N2O2S/c1-12(8-7-11-16(2,3)20)17-15(19)18-13-9-5-6-10-14(13)21-4/h5-6,9-10,12,20H,7-8,11H2,1-4H3,(H2,17,18,19)/t12-/m0/s1. The number of anilines is 1. The predicted octanol–water partition coefficient (Wildman–Crippen LogP) is 3.86. The highest BCUT2D eigenvalue weighted by molar-refractivity contribution is 7.98. The summed E-state index contributed by atoms with van der Waals surface area (Å²) in [5.74, 6) is 0. The second kappa shape index (κ2) is 8.29. The molecule has 2 amide bonds. The van der Waals surface area contributed by atoms with Crippen LogP contribution in [0.15, 0.2) is 29.2 Å². The Kier molecular flexibility index (Phi) is 7.05. The molecule has 1 atom stereocenters. The van der Waals surface area contributed by atoms with Gasteiger partial charge in [0.2, 0.25) is 0 Å². The highest BCUT2D eigenvalue weighted by atomic mass is 32.2. The summed E-state index contributed by atoms with van der Waals surface area (Å²) in [4.78, 5) is 13.0. The van der Waals surface area contributed by atoms with Crippen LogP contribution < -0.4 is 10.6 Å². The minimum Gasteiger partial charge on any atom is -0.390 e. The molecule has 0 fully saturated rings. The number of carbonyl (C=O) groups excluding carboxylic acids is 1. The molecule has 0 radical (unpaired) electrons. The van der Waals surface area contributed by atoms with Crippen LogP contribution in [0.2, 0.25) is 0 Å². The monoisotopic (exact) mass is 310 g/mol.